The topological polar surface area (TPSA) is 97.1 Å². The van der Waals surface area contributed by atoms with Crippen LogP contribution < -0.4 is 5.32 Å². The molecular formula is C14H16N4O3S. The molecule has 0 aliphatic heterocycles. The average Bonchev–Trinajstić information content (AvgIpc) is 3.23. The van der Waals surface area contributed by atoms with E-state index in [0.29, 0.717) is 16.7 Å². The van der Waals surface area contributed by atoms with Crippen LogP contribution in [0.15, 0.2) is 17.6 Å². The number of hydrogen-bond acceptors (Lipinski definition) is 5. The van der Waals surface area contributed by atoms with E-state index in [0.717, 1.165) is 12.8 Å². The molecule has 2 aromatic rings. The molecule has 1 aliphatic carbocycles. The number of aromatic carboxylic acids is 1. The van der Waals surface area contributed by atoms with Crippen LogP contribution in [0.25, 0.3) is 0 Å². The maximum absolute atomic E-state index is 12.1. The van der Waals surface area contributed by atoms with E-state index in [1.807, 2.05) is 10.9 Å². The molecule has 2 N–H and O–H groups in total. The van der Waals surface area contributed by atoms with Crippen LogP contribution in [-0.4, -0.2) is 31.7 Å². The first-order valence-corrected chi connectivity index (χ1v) is 8.02. The van der Waals surface area contributed by atoms with Gasteiger partial charge in [-0.25, -0.2) is 9.78 Å². The van der Waals surface area contributed by atoms with Crippen LogP contribution in [0.2, 0.25) is 0 Å². The molecule has 0 radical (unpaired) electrons. The maximum atomic E-state index is 12.1. The third kappa shape index (κ3) is 3.16. The lowest BCUT2D eigenvalue weighted by atomic mass is 10.3. The van der Waals surface area contributed by atoms with Gasteiger partial charge in [-0.2, -0.15) is 5.10 Å². The van der Waals surface area contributed by atoms with Gasteiger partial charge >= 0.3 is 5.97 Å². The normalized spacial score (nSPS) is 15.1. The van der Waals surface area contributed by atoms with Gasteiger partial charge in [-0.3, -0.25) is 9.48 Å². The van der Waals surface area contributed by atoms with E-state index in [2.05, 4.69) is 15.4 Å². The summed E-state index contributed by atoms with van der Waals surface area (Å²) < 4.78 is 1.87. The molecule has 0 spiro atoms. The summed E-state index contributed by atoms with van der Waals surface area (Å²) in [5.41, 5.74) is 0.377. The summed E-state index contributed by atoms with van der Waals surface area (Å²) in [6, 6.07) is 2.11. The second-order valence-corrected chi connectivity index (χ2v) is 6.18. The highest BCUT2D eigenvalue weighted by Gasteiger charge is 2.19. The Morgan fingerprint density at radius 3 is 2.82 bits per heavy atom. The number of carbonyl (C=O) groups is 2. The minimum Gasteiger partial charge on any atom is -0.476 e. The summed E-state index contributed by atoms with van der Waals surface area (Å²) in [5.74, 6) is -1.34. The molecule has 1 fully saturated rings. The van der Waals surface area contributed by atoms with E-state index in [1.54, 1.807) is 6.07 Å². The first kappa shape index (κ1) is 14.7. The molecule has 0 atom stereocenters. The Hall–Kier alpha value is -2.22. The minimum atomic E-state index is -1.07. The zero-order valence-corrected chi connectivity index (χ0v) is 12.7. The van der Waals surface area contributed by atoms with Crippen LogP contribution in [0.3, 0.4) is 0 Å². The number of carbonyl (C=O) groups excluding carboxylic acids is 1. The van der Waals surface area contributed by atoms with E-state index >= 15 is 0 Å². The van der Waals surface area contributed by atoms with Crippen molar-refractivity contribution in [3.05, 3.63) is 34.0 Å². The molecule has 0 bridgehead atoms. The van der Waals surface area contributed by atoms with Gasteiger partial charge in [0.05, 0.1) is 12.6 Å². The molecule has 2 heterocycles. The third-order valence-corrected chi connectivity index (χ3v) is 4.56. The van der Waals surface area contributed by atoms with Crippen molar-refractivity contribution < 1.29 is 14.7 Å². The van der Waals surface area contributed by atoms with Crippen LogP contribution in [0.5, 0.6) is 0 Å². The fourth-order valence-electron chi connectivity index (χ4n) is 2.57. The zero-order chi connectivity index (χ0) is 15.5. The van der Waals surface area contributed by atoms with E-state index < -0.39 is 5.97 Å². The Balaban J connectivity index is 1.58. The van der Waals surface area contributed by atoms with Crippen molar-refractivity contribution in [2.45, 2.75) is 38.3 Å². The van der Waals surface area contributed by atoms with Crippen LogP contribution >= 0.6 is 11.3 Å². The summed E-state index contributed by atoms with van der Waals surface area (Å²) in [7, 11) is 0. The molecule has 1 aliphatic rings. The predicted octanol–water partition coefficient (Wildman–Crippen LogP) is 2.08. The van der Waals surface area contributed by atoms with E-state index in [9.17, 15) is 9.59 Å². The number of nitrogens with zero attached hydrogens (tertiary/aromatic N) is 3. The van der Waals surface area contributed by atoms with E-state index in [1.165, 1.54) is 29.6 Å². The van der Waals surface area contributed by atoms with Gasteiger partial charge < -0.3 is 10.4 Å². The Kier molecular flexibility index (Phi) is 4.19. The highest BCUT2D eigenvalue weighted by atomic mass is 32.1. The molecule has 1 amide bonds. The number of carboxylic acids is 1. The number of nitrogens with one attached hydrogen (secondary N) is 1. The Bertz CT molecular complexity index is 688. The number of aromatic nitrogens is 3. The molecule has 7 nitrogen and oxygen atoms in total. The molecule has 2 aromatic heterocycles. The highest BCUT2D eigenvalue weighted by Crippen LogP contribution is 2.28. The number of rotatable bonds is 5. The number of thiazole rings is 1. The van der Waals surface area contributed by atoms with Crippen molar-refractivity contribution in [2.75, 3.05) is 0 Å². The largest absolute Gasteiger partial charge is 0.476 e. The molecular weight excluding hydrogens is 304 g/mol. The first-order chi connectivity index (χ1) is 10.6. The first-order valence-electron chi connectivity index (χ1n) is 7.14. The van der Waals surface area contributed by atoms with Gasteiger partial charge in [0, 0.05) is 11.6 Å². The monoisotopic (exact) mass is 320 g/mol. The van der Waals surface area contributed by atoms with Crippen molar-refractivity contribution in [3.8, 4) is 0 Å². The zero-order valence-electron chi connectivity index (χ0n) is 11.9. The third-order valence-electron chi connectivity index (χ3n) is 3.71. The highest BCUT2D eigenvalue weighted by molar-refractivity contribution is 7.09. The summed E-state index contributed by atoms with van der Waals surface area (Å²) in [6.07, 6.45) is 6.49. The minimum absolute atomic E-state index is 0.000222. The Labute approximate surface area is 131 Å². The average molecular weight is 320 g/mol. The van der Waals surface area contributed by atoms with Gasteiger partial charge in [0.25, 0.3) is 5.91 Å². The summed E-state index contributed by atoms with van der Waals surface area (Å²) in [4.78, 5) is 26.7. The van der Waals surface area contributed by atoms with Crippen LogP contribution in [0.4, 0.5) is 0 Å². The molecule has 116 valence electrons. The molecule has 3 rings (SSSR count). The second-order valence-electron chi connectivity index (χ2n) is 5.23. The van der Waals surface area contributed by atoms with E-state index in [4.69, 9.17) is 5.11 Å². The Morgan fingerprint density at radius 2 is 2.14 bits per heavy atom. The van der Waals surface area contributed by atoms with Crippen molar-refractivity contribution in [2.24, 2.45) is 0 Å². The van der Waals surface area contributed by atoms with E-state index in [-0.39, 0.29) is 18.1 Å². The van der Waals surface area contributed by atoms with Crippen LogP contribution in [0, 0.1) is 0 Å². The molecule has 0 saturated heterocycles. The van der Waals surface area contributed by atoms with Crippen LogP contribution in [-0.2, 0) is 6.54 Å². The molecule has 1 saturated carbocycles. The van der Waals surface area contributed by atoms with Gasteiger partial charge in [0.1, 0.15) is 10.7 Å². The van der Waals surface area contributed by atoms with Gasteiger partial charge in [0.15, 0.2) is 5.69 Å². The molecule has 0 aromatic carbocycles. The fraction of sp³-hybridized carbons (Fsp3) is 0.429. The summed E-state index contributed by atoms with van der Waals surface area (Å²) in [5, 5.41) is 17.9. The van der Waals surface area contributed by atoms with Gasteiger partial charge in [-0.1, -0.05) is 12.8 Å². The summed E-state index contributed by atoms with van der Waals surface area (Å²) in [6.45, 7) is 0.201. The van der Waals surface area contributed by atoms with Gasteiger partial charge in [-0.05, 0) is 18.9 Å². The van der Waals surface area contributed by atoms with Gasteiger partial charge in [-0.15, -0.1) is 11.3 Å². The molecule has 0 unspecified atom stereocenters. The van der Waals surface area contributed by atoms with Crippen LogP contribution in [0.1, 0.15) is 57.7 Å². The SMILES string of the molecule is O=C(O)c1csc(CNC(=O)c2ccn(C3CCCC3)n2)n1. The maximum Gasteiger partial charge on any atom is 0.355 e. The smallest absolute Gasteiger partial charge is 0.355 e. The predicted molar refractivity (Wildman–Crippen MR) is 80.0 cm³/mol. The van der Waals surface area contributed by atoms with Crippen molar-refractivity contribution >= 4 is 23.2 Å². The van der Waals surface area contributed by atoms with Crippen molar-refractivity contribution in [1.29, 1.82) is 0 Å². The summed E-state index contributed by atoms with van der Waals surface area (Å²) >= 11 is 1.21. The number of amides is 1. The second kappa shape index (κ2) is 6.27. The Morgan fingerprint density at radius 1 is 1.36 bits per heavy atom. The molecule has 22 heavy (non-hydrogen) atoms. The lowest BCUT2D eigenvalue weighted by Gasteiger charge is -2.08. The fourth-order valence-corrected chi connectivity index (χ4v) is 3.28. The lowest BCUT2D eigenvalue weighted by Crippen LogP contribution is -2.23. The number of hydrogen-bond donors (Lipinski definition) is 2. The standard InChI is InChI=1S/C14H16N4O3S/c19-13(15-7-12-16-11(8-22-12)14(20)21)10-5-6-18(17-10)9-3-1-2-4-9/h5-6,8-9H,1-4,7H2,(H,15,19)(H,20,21). The quantitative estimate of drug-likeness (QED) is 0.879. The lowest BCUT2D eigenvalue weighted by molar-refractivity contribution is 0.0691. The number of carboxylic acid groups (broad SMARTS) is 1. The van der Waals surface area contributed by atoms with Gasteiger partial charge in [0.2, 0.25) is 0 Å². The van der Waals surface area contributed by atoms with Crippen molar-refractivity contribution in [1.82, 2.24) is 20.1 Å². The van der Waals surface area contributed by atoms with Crippen molar-refractivity contribution in [3.63, 3.8) is 0 Å². The molecule has 8 heteroatoms.